The molecule has 118 valence electrons. The number of hydrogen-bond donors (Lipinski definition) is 1. The maximum Gasteiger partial charge on any atom is 0.163 e. The van der Waals surface area contributed by atoms with Gasteiger partial charge < -0.3 is 14.6 Å². The van der Waals surface area contributed by atoms with Crippen LogP contribution in [0, 0.1) is 23.7 Å². The van der Waals surface area contributed by atoms with Crippen molar-refractivity contribution in [1.82, 2.24) is 0 Å². The minimum atomic E-state index is -0.517. The van der Waals surface area contributed by atoms with E-state index in [0.717, 1.165) is 6.42 Å². The highest BCUT2D eigenvalue weighted by Gasteiger charge is 2.40. The van der Waals surface area contributed by atoms with Crippen molar-refractivity contribution in [2.24, 2.45) is 0 Å². The lowest BCUT2D eigenvalue weighted by atomic mass is 10.0. The minimum Gasteiger partial charge on any atom is -0.384 e. The molecule has 1 rings (SSSR count). The second-order valence-corrected chi connectivity index (χ2v) is 5.88. The first-order valence-corrected chi connectivity index (χ1v) is 8.01. The third-order valence-corrected chi connectivity index (χ3v) is 3.50. The molecule has 0 radical (unpaired) electrons. The number of aliphatic hydroxyl groups is 1. The van der Waals surface area contributed by atoms with Crippen LogP contribution in [-0.2, 0) is 9.47 Å². The third-order valence-electron chi connectivity index (χ3n) is 3.50. The second kappa shape index (κ2) is 9.85. The molecule has 0 aromatic heterocycles. The molecule has 1 N–H and O–H groups in total. The normalized spacial score (nSPS) is 23.0. The molecule has 1 saturated heterocycles. The van der Waals surface area contributed by atoms with E-state index in [1.165, 1.54) is 32.1 Å². The van der Waals surface area contributed by atoms with Crippen LogP contribution in [0.4, 0.5) is 0 Å². The number of rotatable bonds is 7. The molecule has 0 spiro atoms. The van der Waals surface area contributed by atoms with Crippen LogP contribution >= 0.6 is 0 Å². The van der Waals surface area contributed by atoms with Crippen molar-refractivity contribution in [2.45, 2.75) is 83.7 Å². The zero-order chi connectivity index (χ0) is 15.6. The SMILES string of the molecule is CCCCCCC[C@@H]1OC(C)(C)OC1CC#CC#CCO. The number of unbranched alkanes of at least 4 members (excludes halogenated alkanes) is 4. The van der Waals surface area contributed by atoms with Crippen LogP contribution in [0.1, 0.15) is 65.7 Å². The van der Waals surface area contributed by atoms with Crippen LogP contribution < -0.4 is 0 Å². The third kappa shape index (κ3) is 7.53. The largest absolute Gasteiger partial charge is 0.384 e. The average molecular weight is 292 g/mol. The van der Waals surface area contributed by atoms with Crippen molar-refractivity contribution >= 4 is 0 Å². The molecule has 0 aliphatic carbocycles. The first kappa shape index (κ1) is 18.1. The lowest BCUT2D eigenvalue weighted by molar-refractivity contribution is -0.146. The maximum atomic E-state index is 8.56. The number of aliphatic hydroxyl groups excluding tert-OH is 1. The first-order chi connectivity index (χ1) is 10.1. The molecule has 1 fully saturated rings. The summed E-state index contributed by atoms with van der Waals surface area (Å²) in [6.45, 7) is 5.99. The molecule has 0 amide bonds. The van der Waals surface area contributed by atoms with Gasteiger partial charge >= 0.3 is 0 Å². The summed E-state index contributed by atoms with van der Waals surface area (Å²) in [4.78, 5) is 0. The molecule has 2 atom stereocenters. The fourth-order valence-corrected chi connectivity index (χ4v) is 2.56. The molecular weight excluding hydrogens is 264 g/mol. The van der Waals surface area contributed by atoms with Gasteiger partial charge in [-0.05, 0) is 32.1 Å². The number of ether oxygens (including phenoxy) is 2. The van der Waals surface area contributed by atoms with Crippen molar-refractivity contribution in [2.75, 3.05) is 6.61 Å². The minimum absolute atomic E-state index is 0.0228. The standard InChI is InChI=1S/C18H28O3/c1-4-5-6-7-10-13-16-17(21-18(2,3)20-16)14-11-8-9-12-15-19/h16-17,19H,4-7,10,13-15H2,1-3H3/t16-,17?/m0/s1. The van der Waals surface area contributed by atoms with E-state index in [1.807, 2.05) is 13.8 Å². The predicted molar refractivity (Wildman–Crippen MR) is 84.5 cm³/mol. The molecule has 3 heteroatoms. The van der Waals surface area contributed by atoms with Crippen molar-refractivity contribution in [1.29, 1.82) is 0 Å². The summed E-state index contributed by atoms with van der Waals surface area (Å²) in [5, 5.41) is 8.56. The zero-order valence-corrected chi connectivity index (χ0v) is 13.6. The molecule has 0 bridgehead atoms. The lowest BCUT2D eigenvalue weighted by Crippen LogP contribution is -2.21. The highest BCUT2D eigenvalue weighted by atomic mass is 16.7. The van der Waals surface area contributed by atoms with Gasteiger partial charge in [0, 0.05) is 6.42 Å². The van der Waals surface area contributed by atoms with Gasteiger partial charge in [-0.25, -0.2) is 0 Å². The first-order valence-electron chi connectivity index (χ1n) is 8.01. The molecule has 3 nitrogen and oxygen atoms in total. The van der Waals surface area contributed by atoms with E-state index in [4.69, 9.17) is 14.6 Å². The molecule has 1 aliphatic heterocycles. The summed E-state index contributed by atoms with van der Waals surface area (Å²) in [6, 6.07) is 0. The summed E-state index contributed by atoms with van der Waals surface area (Å²) < 4.78 is 11.9. The molecule has 1 unspecified atom stereocenters. The summed E-state index contributed by atoms with van der Waals surface area (Å²) in [5.74, 6) is 10.3. The monoisotopic (exact) mass is 292 g/mol. The van der Waals surface area contributed by atoms with E-state index >= 15 is 0 Å². The Bertz CT molecular complexity index is 406. The summed E-state index contributed by atoms with van der Waals surface area (Å²) in [5.41, 5.74) is 0. The maximum absolute atomic E-state index is 8.56. The Morgan fingerprint density at radius 2 is 1.62 bits per heavy atom. The van der Waals surface area contributed by atoms with Crippen molar-refractivity contribution in [3.63, 3.8) is 0 Å². The van der Waals surface area contributed by atoms with E-state index in [1.54, 1.807) is 0 Å². The highest BCUT2D eigenvalue weighted by Crippen LogP contribution is 2.32. The van der Waals surface area contributed by atoms with Crippen LogP contribution in [0.3, 0.4) is 0 Å². The van der Waals surface area contributed by atoms with E-state index in [9.17, 15) is 0 Å². The average Bonchev–Trinajstić information content (AvgIpc) is 2.73. The van der Waals surface area contributed by atoms with Gasteiger partial charge in [0.15, 0.2) is 5.79 Å². The van der Waals surface area contributed by atoms with Gasteiger partial charge in [-0.15, -0.1) is 0 Å². The summed E-state index contributed by atoms with van der Waals surface area (Å²) >= 11 is 0. The van der Waals surface area contributed by atoms with Crippen molar-refractivity contribution in [3.8, 4) is 23.7 Å². The van der Waals surface area contributed by atoms with Gasteiger partial charge in [0.2, 0.25) is 0 Å². The highest BCUT2D eigenvalue weighted by molar-refractivity contribution is 5.26. The molecule has 0 aromatic rings. The second-order valence-electron chi connectivity index (χ2n) is 5.88. The molecule has 1 heterocycles. The Morgan fingerprint density at radius 1 is 0.952 bits per heavy atom. The molecule has 0 saturated carbocycles. The fourth-order valence-electron chi connectivity index (χ4n) is 2.56. The van der Waals surface area contributed by atoms with E-state index in [-0.39, 0.29) is 18.8 Å². The van der Waals surface area contributed by atoms with Crippen molar-refractivity contribution in [3.05, 3.63) is 0 Å². The Labute approximate surface area is 129 Å². The van der Waals surface area contributed by atoms with Gasteiger partial charge in [0.25, 0.3) is 0 Å². The molecule has 21 heavy (non-hydrogen) atoms. The lowest BCUT2D eigenvalue weighted by Gasteiger charge is -2.16. The topological polar surface area (TPSA) is 38.7 Å². The summed E-state index contributed by atoms with van der Waals surface area (Å²) in [6.07, 6.45) is 8.12. The Morgan fingerprint density at radius 3 is 2.33 bits per heavy atom. The Hall–Kier alpha value is -1.00. The van der Waals surface area contributed by atoms with Gasteiger partial charge in [-0.1, -0.05) is 50.9 Å². The molecule has 0 aromatic carbocycles. The zero-order valence-electron chi connectivity index (χ0n) is 13.6. The number of hydrogen-bond acceptors (Lipinski definition) is 3. The van der Waals surface area contributed by atoms with Crippen LogP contribution in [0.15, 0.2) is 0 Å². The predicted octanol–water partition coefficient (Wildman–Crippen LogP) is 3.26. The van der Waals surface area contributed by atoms with Crippen LogP contribution in [0.2, 0.25) is 0 Å². The Kier molecular flexibility index (Phi) is 8.47. The van der Waals surface area contributed by atoms with E-state index < -0.39 is 5.79 Å². The quantitative estimate of drug-likeness (QED) is 0.578. The van der Waals surface area contributed by atoms with Gasteiger partial charge in [0.1, 0.15) is 6.61 Å². The van der Waals surface area contributed by atoms with Crippen molar-refractivity contribution < 1.29 is 14.6 Å². The molecule has 1 aliphatic rings. The van der Waals surface area contributed by atoms with Gasteiger partial charge in [-0.3, -0.25) is 0 Å². The van der Waals surface area contributed by atoms with E-state index in [0.29, 0.717) is 6.42 Å². The van der Waals surface area contributed by atoms with Crippen LogP contribution in [-0.4, -0.2) is 29.7 Å². The van der Waals surface area contributed by atoms with Gasteiger partial charge in [-0.2, -0.15) is 0 Å². The van der Waals surface area contributed by atoms with Crippen LogP contribution in [0.5, 0.6) is 0 Å². The van der Waals surface area contributed by atoms with E-state index in [2.05, 4.69) is 30.6 Å². The Balaban J connectivity index is 2.40. The van der Waals surface area contributed by atoms with Crippen LogP contribution in [0.25, 0.3) is 0 Å². The smallest absolute Gasteiger partial charge is 0.163 e. The summed E-state index contributed by atoms with van der Waals surface area (Å²) in [7, 11) is 0. The molecular formula is C18H28O3. The van der Waals surface area contributed by atoms with Gasteiger partial charge in [0.05, 0.1) is 12.2 Å². The fraction of sp³-hybridized carbons (Fsp3) is 0.778.